The van der Waals surface area contributed by atoms with Crippen molar-refractivity contribution in [3.05, 3.63) is 123 Å². The van der Waals surface area contributed by atoms with E-state index in [-0.39, 0.29) is 33.3 Å². The third kappa shape index (κ3) is 4.96. The van der Waals surface area contributed by atoms with Crippen molar-refractivity contribution in [1.82, 2.24) is 4.48 Å². The van der Waals surface area contributed by atoms with Crippen molar-refractivity contribution in [3.8, 4) is 17.3 Å². The molecule has 2 aromatic carbocycles. The highest BCUT2D eigenvalue weighted by molar-refractivity contribution is 6.47. The summed E-state index contributed by atoms with van der Waals surface area (Å²) in [4.78, 5) is 4.60. The van der Waals surface area contributed by atoms with E-state index < -0.39 is 7.40 Å². The van der Waals surface area contributed by atoms with E-state index >= 15 is 0 Å². The number of aliphatic imine (C=N–C) groups is 1. The minimum Gasteiger partial charge on any atom is -0.762 e. The second kappa shape index (κ2) is 10.5. The largest absolute Gasteiger partial charge is 0.762 e. The fourth-order valence-electron chi connectivity index (χ4n) is 3.68. The summed E-state index contributed by atoms with van der Waals surface area (Å²) in [5, 5.41) is 18.8. The lowest BCUT2D eigenvalue weighted by Crippen LogP contribution is -2.17. The van der Waals surface area contributed by atoms with E-state index in [1.54, 1.807) is 48.3 Å². The van der Waals surface area contributed by atoms with Gasteiger partial charge in [0.25, 0.3) is 0 Å². The smallest absolute Gasteiger partial charge is 0.678 e. The van der Waals surface area contributed by atoms with E-state index in [4.69, 9.17) is 33.9 Å². The fraction of sp³-hybridized carbons (Fsp3) is 0. The Balaban J connectivity index is 2.00. The van der Waals surface area contributed by atoms with Crippen molar-refractivity contribution in [1.29, 1.82) is 5.26 Å². The lowest BCUT2D eigenvalue weighted by molar-refractivity contribution is 0.630. The normalized spacial score (nSPS) is 14.3. The van der Waals surface area contributed by atoms with Gasteiger partial charge in [0, 0.05) is 16.8 Å². The number of hydrogen-bond acceptors (Lipinski definition) is 2. The molecule has 0 radical (unpaired) electrons. The Hall–Kier alpha value is -3.95. The van der Waals surface area contributed by atoms with Gasteiger partial charge in [-0.05, 0) is 29.9 Å². The molecule has 170 valence electrons. The molecule has 35 heavy (non-hydrogen) atoms. The van der Waals surface area contributed by atoms with Crippen LogP contribution in [-0.2, 0) is 0 Å². The van der Waals surface area contributed by atoms with Crippen LogP contribution in [0.25, 0.3) is 22.2 Å². The Morgan fingerprint density at radius 3 is 2.20 bits per heavy atom. The average molecular weight is 502 g/mol. The molecule has 4 nitrogen and oxygen atoms in total. The molecular formula is C26H14BCl2F2N4-. The van der Waals surface area contributed by atoms with Crippen molar-refractivity contribution >= 4 is 47.8 Å². The summed E-state index contributed by atoms with van der Waals surface area (Å²) in [5.41, 5.74) is 2.23. The van der Waals surface area contributed by atoms with Gasteiger partial charge in [0.15, 0.2) is 0 Å². The monoisotopic (exact) mass is 501 g/mol. The molecular weight excluding hydrogens is 488 g/mol. The summed E-state index contributed by atoms with van der Waals surface area (Å²) >= 11 is 12.9. The standard InChI is InChI=1S/C26H14BCl2F2N4/c28-21-13-23(34-25(21)18-7-3-1-4-8-18)20(12-11-17(15-32)16-33)24-14-22(29)26(35(24)27(30)31)19-9-5-2-6-10-19/h1-14H/q-1/b12-11+,23-20-. The van der Waals surface area contributed by atoms with Crippen molar-refractivity contribution < 1.29 is 8.63 Å². The average Bonchev–Trinajstić information content (AvgIpc) is 3.43. The first kappa shape index (κ1) is 24.2. The molecule has 0 unspecified atom stereocenters. The second-order valence-corrected chi connectivity index (χ2v) is 8.14. The third-order valence-corrected chi connectivity index (χ3v) is 5.79. The number of nitrogens with zero attached hydrogens (tertiary/aromatic N) is 4. The molecule has 4 rings (SSSR count). The lowest BCUT2D eigenvalue weighted by Gasteiger charge is -2.13. The number of nitriles is 1. The highest BCUT2D eigenvalue weighted by atomic mass is 35.5. The van der Waals surface area contributed by atoms with Crippen LogP contribution in [0.15, 0.2) is 106 Å². The molecule has 1 aliphatic rings. The molecule has 2 heterocycles. The first-order valence-electron chi connectivity index (χ1n) is 10.3. The molecule has 0 spiro atoms. The van der Waals surface area contributed by atoms with E-state index in [0.29, 0.717) is 16.3 Å². The summed E-state index contributed by atoms with van der Waals surface area (Å²) in [5.74, 6) is 1.76. The number of halogens is 4. The maximum Gasteiger partial charge on any atom is 0.678 e. The van der Waals surface area contributed by atoms with Gasteiger partial charge in [-0.15, -0.1) is 0 Å². The van der Waals surface area contributed by atoms with E-state index in [1.165, 1.54) is 18.2 Å². The van der Waals surface area contributed by atoms with Gasteiger partial charge in [-0.3, -0.25) is 14.5 Å². The molecule has 0 amide bonds. The number of rotatable bonds is 6. The highest BCUT2D eigenvalue weighted by Crippen LogP contribution is 2.38. The van der Waals surface area contributed by atoms with Crippen LogP contribution in [-0.4, -0.2) is 23.5 Å². The van der Waals surface area contributed by atoms with Crippen molar-refractivity contribution in [3.63, 3.8) is 0 Å². The summed E-state index contributed by atoms with van der Waals surface area (Å²) < 4.78 is 29.7. The van der Waals surface area contributed by atoms with Crippen LogP contribution in [0.1, 0.15) is 11.3 Å². The number of aromatic nitrogens is 1. The number of allylic oxidation sites excluding steroid dienone is 6. The van der Waals surface area contributed by atoms with Gasteiger partial charge in [-0.1, -0.05) is 83.9 Å². The number of benzene rings is 2. The zero-order valence-corrected chi connectivity index (χ0v) is 19.5. The highest BCUT2D eigenvalue weighted by Gasteiger charge is 2.30. The van der Waals surface area contributed by atoms with Gasteiger partial charge in [-0.2, -0.15) is 5.26 Å². The van der Waals surface area contributed by atoms with E-state index in [0.717, 1.165) is 10.0 Å². The molecule has 9 heteroatoms. The van der Waals surface area contributed by atoms with E-state index in [2.05, 4.69) is 4.99 Å². The van der Waals surface area contributed by atoms with Gasteiger partial charge in [0.1, 0.15) is 6.07 Å². The van der Waals surface area contributed by atoms with Gasteiger partial charge >= 0.3 is 7.40 Å². The van der Waals surface area contributed by atoms with Crippen molar-refractivity contribution in [2.24, 2.45) is 4.99 Å². The molecule has 0 aliphatic carbocycles. The first-order chi connectivity index (χ1) is 16.9. The summed E-state index contributed by atoms with van der Waals surface area (Å²) in [7, 11) is -2.94. The van der Waals surface area contributed by atoms with Gasteiger partial charge in [0.2, 0.25) is 0 Å². The molecule has 0 N–H and O–H groups in total. The first-order valence-corrected chi connectivity index (χ1v) is 11.1. The predicted octanol–water partition coefficient (Wildman–Crippen LogP) is 7.16. The molecule has 0 saturated carbocycles. The molecule has 1 aliphatic heterocycles. The maximum absolute atomic E-state index is 14.5. The van der Waals surface area contributed by atoms with Crippen LogP contribution in [0, 0.1) is 11.3 Å². The van der Waals surface area contributed by atoms with Gasteiger partial charge in [0.05, 0.1) is 32.7 Å². The Morgan fingerprint density at radius 2 is 1.63 bits per heavy atom. The van der Waals surface area contributed by atoms with Crippen LogP contribution in [0.5, 0.6) is 0 Å². The zero-order valence-electron chi connectivity index (χ0n) is 18.0. The predicted molar refractivity (Wildman–Crippen MR) is 139 cm³/mol. The Bertz CT molecular complexity index is 1490. The molecule has 0 saturated heterocycles. The summed E-state index contributed by atoms with van der Waals surface area (Å²) in [6, 6.07) is 20.9. The van der Waals surface area contributed by atoms with Crippen LogP contribution in [0.4, 0.5) is 8.63 Å². The van der Waals surface area contributed by atoms with E-state index in [9.17, 15) is 8.63 Å². The maximum atomic E-state index is 14.5. The van der Waals surface area contributed by atoms with Crippen LogP contribution in [0.3, 0.4) is 0 Å². The van der Waals surface area contributed by atoms with E-state index in [1.807, 2.05) is 30.3 Å². The lowest BCUT2D eigenvalue weighted by atomic mass is 10.0. The Labute approximate surface area is 211 Å². The topological polar surface area (TPSA) is 63.4 Å². The molecule has 0 bridgehead atoms. The SMILES string of the molecule is N#CC(=C=[N-])/C=C/C(=C1\C=C(Cl)C(c2ccccc2)=N1)c1cc(Cl)c(-c2ccccc2)n1B(F)F. The minimum atomic E-state index is -2.94. The van der Waals surface area contributed by atoms with Crippen molar-refractivity contribution in [2.75, 3.05) is 0 Å². The molecule has 0 fully saturated rings. The minimum absolute atomic E-state index is 0.0594. The third-order valence-electron chi connectivity index (χ3n) is 5.21. The zero-order chi connectivity index (χ0) is 24.9. The quantitative estimate of drug-likeness (QED) is 0.153. The van der Waals surface area contributed by atoms with Gasteiger partial charge in [-0.25, -0.2) is 4.99 Å². The summed E-state index contributed by atoms with van der Waals surface area (Å²) in [6.45, 7) is 0. The summed E-state index contributed by atoms with van der Waals surface area (Å²) in [6.07, 6.45) is 4.20. The fourth-order valence-corrected chi connectivity index (χ4v) is 4.23. The van der Waals surface area contributed by atoms with Crippen LogP contribution in [0.2, 0.25) is 5.02 Å². The molecule has 3 aromatic rings. The van der Waals surface area contributed by atoms with Crippen molar-refractivity contribution in [2.45, 2.75) is 0 Å². The van der Waals surface area contributed by atoms with Gasteiger partial charge < -0.3 is 9.89 Å². The Kier molecular flexibility index (Phi) is 7.29. The number of hydrogen-bond donors (Lipinski definition) is 0. The molecule has 1 aromatic heterocycles. The van der Waals surface area contributed by atoms with Crippen LogP contribution < -0.4 is 0 Å². The molecule has 0 atom stereocenters. The Morgan fingerprint density at radius 1 is 1.00 bits per heavy atom. The van der Waals surface area contributed by atoms with Crippen LogP contribution >= 0.6 is 23.2 Å². The second-order valence-electron chi connectivity index (χ2n) is 7.33.